The molecule has 0 aromatic carbocycles. The van der Waals surface area contributed by atoms with Gasteiger partial charge in [-0.05, 0) is 38.9 Å². The lowest BCUT2D eigenvalue weighted by Gasteiger charge is -2.49. The molecule has 0 bridgehead atoms. The van der Waals surface area contributed by atoms with E-state index in [1.807, 2.05) is 0 Å². The van der Waals surface area contributed by atoms with E-state index in [0.29, 0.717) is 0 Å². The van der Waals surface area contributed by atoms with Gasteiger partial charge in [0.1, 0.15) is 9.49 Å². The summed E-state index contributed by atoms with van der Waals surface area (Å²) in [4.78, 5) is 0. The van der Waals surface area contributed by atoms with E-state index in [4.69, 9.17) is 0 Å². The molecule has 0 N–H and O–H groups in total. The molecule has 2 unspecified atom stereocenters. The van der Waals surface area contributed by atoms with Crippen LogP contribution < -0.4 is 0 Å². The molecule has 0 aromatic rings. The lowest BCUT2D eigenvalue weighted by Crippen LogP contribution is -2.59. The van der Waals surface area contributed by atoms with Crippen LogP contribution in [-0.2, 0) is 11.2 Å². The topological polar surface area (TPSA) is 23.1 Å². The van der Waals surface area contributed by atoms with Crippen molar-refractivity contribution in [2.45, 2.75) is 75.2 Å². The van der Waals surface area contributed by atoms with E-state index in [1.165, 1.54) is 0 Å². The van der Waals surface area contributed by atoms with Crippen LogP contribution in [0.1, 0.15) is 55.4 Å². The first-order valence-corrected chi connectivity index (χ1v) is 7.96. The van der Waals surface area contributed by atoms with Crippen LogP contribution in [0.2, 0.25) is 0 Å². The highest BCUT2D eigenvalue weighted by atomic mass is 32.2. The number of hydrogen-bond acceptors (Lipinski definition) is 1. The maximum atomic E-state index is 12.9. The van der Waals surface area contributed by atoms with Gasteiger partial charge in [0.05, 0.1) is 0 Å². The molecule has 0 aliphatic heterocycles. The van der Waals surface area contributed by atoms with Gasteiger partial charge in [-0.15, -0.1) is 18.5 Å². The zero-order chi connectivity index (χ0) is 13.6. The molecule has 0 aliphatic carbocycles. The third kappa shape index (κ3) is 3.14. The van der Waals surface area contributed by atoms with Gasteiger partial charge in [-0.3, -0.25) is 0 Å². The first-order valence-electron chi connectivity index (χ1n) is 5.65. The second kappa shape index (κ2) is 4.69. The number of hydrogen-bond donors (Lipinski definition) is 0. The van der Waals surface area contributed by atoms with Gasteiger partial charge in [0.25, 0.3) is 0 Å². The molecule has 0 fully saturated rings. The van der Waals surface area contributed by atoms with Crippen LogP contribution in [0.4, 0.5) is 0 Å². The van der Waals surface area contributed by atoms with Gasteiger partial charge in [0.15, 0.2) is 0 Å². The fourth-order valence-corrected chi connectivity index (χ4v) is 3.99. The van der Waals surface area contributed by atoms with Gasteiger partial charge in [-0.2, -0.15) is 0 Å². The predicted molar refractivity (Wildman–Crippen MR) is 83.9 cm³/mol. The summed E-state index contributed by atoms with van der Waals surface area (Å²) in [6, 6.07) is 0. The van der Waals surface area contributed by atoms with Crippen molar-refractivity contribution in [3.63, 3.8) is 0 Å². The van der Waals surface area contributed by atoms with E-state index in [9.17, 15) is 4.55 Å². The summed E-state index contributed by atoms with van der Waals surface area (Å²) in [5.74, 6) is 0. The molecule has 16 heavy (non-hydrogen) atoms. The Labute approximate surface area is 110 Å². The van der Waals surface area contributed by atoms with E-state index >= 15 is 0 Å². The molecule has 4 heteroatoms. The minimum atomic E-state index is -0.921. The standard InChI is InChI=1S/C12H28OP2S/c1-9(2,14)11(5,6)16(13)12(7,8)10(3,4)15/h14-15H2,1-8H3. The maximum absolute atomic E-state index is 12.9. The van der Waals surface area contributed by atoms with Crippen molar-refractivity contribution >= 4 is 29.7 Å². The van der Waals surface area contributed by atoms with Crippen molar-refractivity contribution in [3.8, 4) is 0 Å². The normalized spacial score (nSPS) is 15.8. The average molecular weight is 282 g/mol. The molecule has 0 radical (unpaired) electrons. The molecule has 0 aliphatic rings. The minimum Gasteiger partial charge on any atom is -0.615 e. The molecular formula is C12H28OP2S. The molecular weight excluding hydrogens is 254 g/mol. The first-order chi connectivity index (χ1) is 6.65. The van der Waals surface area contributed by atoms with E-state index in [1.54, 1.807) is 0 Å². The molecule has 0 saturated carbocycles. The Morgan fingerprint density at radius 2 is 0.875 bits per heavy atom. The third-order valence-electron chi connectivity index (χ3n) is 4.03. The van der Waals surface area contributed by atoms with Gasteiger partial charge < -0.3 is 4.55 Å². The molecule has 0 saturated heterocycles. The van der Waals surface area contributed by atoms with E-state index < -0.39 is 11.2 Å². The maximum Gasteiger partial charge on any atom is 0.129 e. The van der Waals surface area contributed by atoms with Gasteiger partial charge in [0.2, 0.25) is 0 Å². The van der Waals surface area contributed by atoms with Gasteiger partial charge in [0, 0.05) is 10.3 Å². The summed E-state index contributed by atoms with van der Waals surface area (Å²) >= 11 is -0.921. The fourth-order valence-electron chi connectivity index (χ4n) is 1.12. The van der Waals surface area contributed by atoms with Crippen molar-refractivity contribution in [3.05, 3.63) is 0 Å². The lowest BCUT2D eigenvalue weighted by atomic mass is 9.97. The smallest absolute Gasteiger partial charge is 0.129 e. The Morgan fingerprint density at radius 3 is 1.00 bits per heavy atom. The molecule has 98 valence electrons. The Kier molecular flexibility index (Phi) is 5.03. The SMILES string of the molecule is CC(C)(P)C(C)(C)[S+]([O-])C(C)(C)C(C)(C)P. The van der Waals surface area contributed by atoms with Crippen LogP contribution in [0.15, 0.2) is 0 Å². The average Bonchev–Trinajstić information content (AvgIpc) is 1.98. The molecule has 1 nitrogen and oxygen atoms in total. The Bertz CT molecular complexity index is 223. The monoisotopic (exact) mass is 282 g/mol. The Hall–Kier alpha value is 1.17. The summed E-state index contributed by atoms with van der Waals surface area (Å²) in [6.07, 6.45) is 0. The van der Waals surface area contributed by atoms with Crippen LogP contribution >= 0.6 is 18.5 Å². The van der Waals surface area contributed by atoms with Crippen molar-refractivity contribution in [2.24, 2.45) is 0 Å². The van der Waals surface area contributed by atoms with Crippen molar-refractivity contribution in [1.29, 1.82) is 0 Å². The van der Waals surface area contributed by atoms with Crippen LogP contribution in [0.5, 0.6) is 0 Å². The summed E-state index contributed by atoms with van der Waals surface area (Å²) in [5.41, 5.74) is 0. The third-order valence-corrected chi connectivity index (χ3v) is 8.80. The predicted octanol–water partition coefficient (Wildman–Crippen LogP) is 3.60. The highest BCUT2D eigenvalue weighted by Crippen LogP contribution is 2.47. The molecule has 0 aromatic heterocycles. The summed E-state index contributed by atoms with van der Waals surface area (Å²) < 4.78 is 12.4. The van der Waals surface area contributed by atoms with E-state index in [0.717, 1.165) is 0 Å². The van der Waals surface area contributed by atoms with Crippen LogP contribution in [0, 0.1) is 0 Å². The lowest BCUT2D eigenvalue weighted by molar-refractivity contribution is 0.430. The highest BCUT2D eigenvalue weighted by molar-refractivity contribution is 7.94. The quantitative estimate of drug-likeness (QED) is 0.571. The van der Waals surface area contributed by atoms with Gasteiger partial charge >= 0.3 is 0 Å². The fraction of sp³-hybridized carbons (Fsp3) is 1.00. The summed E-state index contributed by atoms with van der Waals surface area (Å²) in [5, 5.41) is -0.101. The van der Waals surface area contributed by atoms with Gasteiger partial charge in [-0.1, -0.05) is 27.7 Å². The van der Waals surface area contributed by atoms with Crippen LogP contribution in [-0.4, -0.2) is 24.4 Å². The summed E-state index contributed by atoms with van der Waals surface area (Å²) in [7, 11) is 5.66. The largest absolute Gasteiger partial charge is 0.615 e. The number of rotatable bonds is 4. The van der Waals surface area contributed by atoms with Crippen molar-refractivity contribution in [2.75, 3.05) is 0 Å². The summed E-state index contributed by atoms with van der Waals surface area (Å²) in [6.45, 7) is 16.9. The van der Waals surface area contributed by atoms with Crippen LogP contribution in [0.3, 0.4) is 0 Å². The molecule has 0 amide bonds. The first kappa shape index (κ1) is 17.2. The molecule has 0 heterocycles. The van der Waals surface area contributed by atoms with Crippen LogP contribution in [0.25, 0.3) is 0 Å². The second-order valence-electron chi connectivity index (χ2n) is 6.73. The Balaban J connectivity index is 5.30. The van der Waals surface area contributed by atoms with E-state index in [-0.39, 0.29) is 19.8 Å². The molecule has 2 atom stereocenters. The molecule has 0 rings (SSSR count). The van der Waals surface area contributed by atoms with Crippen molar-refractivity contribution in [1.82, 2.24) is 0 Å². The Morgan fingerprint density at radius 1 is 0.688 bits per heavy atom. The highest BCUT2D eigenvalue weighted by Gasteiger charge is 2.54. The minimum absolute atomic E-state index is 0.0505. The van der Waals surface area contributed by atoms with Gasteiger partial charge in [-0.25, -0.2) is 0 Å². The van der Waals surface area contributed by atoms with E-state index in [2.05, 4.69) is 73.9 Å². The second-order valence-corrected chi connectivity index (χ2v) is 12.2. The van der Waals surface area contributed by atoms with Crippen molar-refractivity contribution < 1.29 is 4.55 Å². The zero-order valence-corrected chi connectivity index (χ0v) is 15.1. The zero-order valence-electron chi connectivity index (χ0n) is 12.0. The molecule has 0 spiro atoms.